The molecule has 1 unspecified atom stereocenters. The molecule has 2 aromatic carbocycles. The van der Waals surface area contributed by atoms with Gasteiger partial charge < -0.3 is 4.74 Å². The molecule has 4 nitrogen and oxygen atoms in total. The zero-order chi connectivity index (χ0) is 17.9. The number of rotatable bonds is 6. The Kier molecular flexibility index (Phi) is 5.64. The van der Waals surface area contributed by atoms with Gasteiger partial charge in [-0.1, -0.05) is 40.2 Å². The van der Waals surface area contributed by atoms with Gasteiger partial charge in [0.1, 0.15) is 11.0 Å². The SMILES string of the molecule is Cc1ccc(CN(Cc2cccc3nsnc23)CC2CCCO2)c(Br)c1. The first-order valence-corrected chi connectivity index (χ1v) is 10.5. The Balaban J connectivity index is 1.58. The minimum atomic E-state index is 0.326. The smallest absolute Gasteiger partial charge is 0.109 e. The molecule has 1 fully saturated rings. The second-order valence-electron chi connectivity index (χ2n) is 6.95. The van der Waals surface area contributed by atoms with Gasteiger partial charge in [-0.3, -0.25) is 4.90 Å². The molecule has 0 amide bonds. The van der Waals surface area contributed by atoms with Crippen LogP contribution in [0.2, 0.25) is 0 Å². The Hall–Kier alpha value is -1.34. The van der Waals surface area contributed by atoms with E-state index in [-0.39, 0.29) is 0 Å². The van der Waals surface area contributed by atoms with Crippen LogP contribution in [-0.4, -0.2) is 32.9 Å². The summed E-state index contributed by atoms with van der Waals surface area (Å²) in [6.45, 7) is 5.68. The molecule has 0 bridgehead atoms. The second kappa shape index (κ2) is 8.13. The highest BCUT2D eigenvalue weighted by molar-refractivity contribution is 9.10. The lowest BCUT2D eigenvalue weighted by molar-refractivity contribution is 0.0679. The van der Waals surface area contributed by atoms with Crippen LogP contribution >= 0.6 is 27.7 Å². The van der Waals surface area contributed by atoms with Crippen LogP contribution < -0.4 is 0 Å². The lowest BCUT2D eigenvalue weighted by Crippen LogP contribution is -2.31. The molecule has 1 aromatic heterocycles. The first-order chi connectivity index (χ1) is 12.7. The fraction of sp³-hybridized carbons (Fsp3) is 0.400. The number of hydrogen-bond donors (Lipinski definition) is 0. The van der Waals surface area contributed by atoms with E-state index in [2.05, 4.69) is 66.8 Å². The molecule has 1 saturated heterocycles. The second-order valence-corrected chi connectivity index (χ2v) is 8.33. The van der Waals surface area contributed by atoms with Crippen molar-refractivity contribution in [3.05, 3.63) is 57.6 Å². The molecule has 1 aliphatic rings. The summed E-state index contributed by atoms with van der Waals surface area (Å²) in [5.74, 6) is 0. The summed E-state index contributed by atoms with van der Waals surface area (Å²) < 4.78 is 16.0. The van der Waals surface area contributed by atoms with Gasteiger partial charge in [-0.25, -0.2) is 0 Å². The van der Waals surface area contributed by atoms with E-state index in [0.717, 1.165) is 43.7 Å². The largest absolute Gasteiger partial charge is 0.377 e. The first kappa shape index (κ1) is 18.0. The highest BCUT2D eigenvalue weighted by Crippen LogP contribution is 2.24. The molecule has 1 aliphatic heterocycles. The van der Waals surface area contributed by atoms with Crippen LogP contribution in [0.4, 0.5) is 0 Å². The summed E-state index contributed by atoms with van der Waals surface area (Å²) in [5, 5.41) is 0. The van der Waals surface area contributed by atoms with Gasteiger partial charge in [0, 0.05) is 30.7 Å². The summed E-state index contributed by atoms with van der Waals surface area (Å²) >= 11 is 5.01. The fourth-order valence-electron chi connectivity index (χ4n) is 3.51. The van der Waals surface area contributed by atoms with Crippen molar-refractivity contribution in [1.29, 1.82) is 0 Å². The molecule has 0 spiro atoms. The van der Waals surface area contributed by atoms with E-state index in [0.29, 0.717) is 6.10 Å². The van der Waals surface area contributed by atoms with Crippen molar-refractivity contribution in [2.75, 3.05) is 13.2 Å². The molecule has 26 heavy (non-hydrogen) atoms. The number of halogens is 1. The highest BCUT2D eigenvalue weighted by atomic mass is 79.9. The van der Waals surface area contributed by atoms with Crippen molar-refractivity contribution in [2.24, 2.45) is 0 Å². The van der Waals surface area contributed by atoms with Crippen molar-refractivity contribution in [3.63, 3.8) is 0 Å². The molecule has 1 atom stereocenters. The Bertz CT molecular complexity index is 892. The first-order valence-electron chi connectivity index (χ1n) is 8.98. The third-order valence-corrected chi connectivity index (χ3v) is 6.13. The van der Waals surface area contributed by atoms with E-state index in [4.69, 9.17) is 4.74 Å². The van der Waals surface area contributed by atoms with Gasteiger partial charge >= 0.3 is 0 Å². The van der Waals surface area contributed by atoms with Gasteiger partial charge in [0.15, 0.2) is 0 Å². The van der Waals surface area contributed by atoms with E-state index in [1.165, 1.54) is 39.3 Å². The van der Waals surface area contributed by atoms with Crippen LogP contribution in [-0.2, 0) is 17.8 Å². The summed E-state index contributed by atoms with van der Waals surface area (Å²) in [7, 11) is 0. The predicted molar refractivity (Wildman–Crippen MR) is 109 cm³/mol. The molecule has 0 radical (unpaired) electrons. The van der Waals surface area contributed by atoms with Crippen LogP contribution in [0.25, 0.3) is 11.0 Å². The Morgan fingerprint density at radius 1 is 1.19 bits per heavy atom. The van der Waals surface area contributed by atoms with E-state index < -0.39 is 0 Å². The van der Waals surface area contributed by atoms with Crippen LogP contribution in [0.15, 0.2) is 40.9 Å². The number of nitrogens with zero attached hydrogens (tertiary/aromatic N) is 3. The summed E-state index contributed by atoms with van der Waals surface area (Å²) in [6, 6.07) is 12.8. The quantitative estimate of drug-likeness (QED) is 0.553. The van der Waals surface area contributed by atoms with Crippen molar-refractivity contribution in [1.82, 2.24) is 13.6 Å². The van der Waals surface area contributed by atoms with Crippen LogP contribution in [0.3, 0.4) is 0 Å². The van der Waals surface area contributed by atoms with Crippen molar-refractivity contribution in [2.45, 2.75) is 39.0 Å². The lowest BCUT2D eigenvalue weighted by Gasteiger charge is -2.26. The number of benzene rings is 2. The van der Waals surface area contributed by atoms with Crippen molar-refractivity contribution < 1.29 is 4.74 Å². The molecule has 6 heteroatoms. The maximum atomic E-state index is 5.90. The summed E-state index contributed by atoms with van der Waals surface area (Å²) in [4.78, 5) is 2.47. The van der Waals surface area contributed by atoms with Gasteiger partial charge in [0.05, 0.1) is 17.8 Å². The molecule has 4 rings (SSSR count). The predicted octanol–water partition coefficient (Wildman–Crippen LogP) is 4.94. The van der Waals surface area contributed by atoms with Crippen LogP contribution in [0.5, 0.6) is 0 Å². The van der Waals surface area contributed by atoms with E-state index in [1.54, 1.807) is 0 Å². The van der Waals surface area contributed by atoms with E-state index >= 15 is 0 Å². The lowest BCUT2D eigenvalue weighted by atomic mass is 10.1. The molecule has 0 N–H and O–H groups in total. The average Bonchev–Trinajstić information content (AvgIpc) is 3.29. The van der Waals surface area contributed by atoms with Gasteiger partial charge in [-0.15, -0.1) is 0 Å². The molecule has 0 aliphatic carbocycles. The summed E-state index contributed by atoms with van der Waals surface area (Å²) in [5.41, 5.74) is 5.82. The number of ether oxygens (including phenoxy) is 1. The third-order valence-electron chi connectivity index (χ3n) is 4.85. The zero-order valence-corrected chi connectivity index (χ0v) is 17.2. The van der Waals surface area contributed by atoms with Crippen LogP contribution in [0.1, 0.15) is 29.5 Å². The van der Waals surface area contributed by atoms with E-state index in [1.807, 2.05) is 6.07 Å². The molecule has 0 saturated carbocycles. The molecular formula is C20H22BrN3OS. The highest BCUT2D eigenvalue weighted by Gasteiger charge is 2.21. The monoisotopic (exact) mass is 431 g/mol. The number of aryl methyl sites for hydroxylation is 1. The number of hydrogen-bond acceptors (Lipinski definition) is 5. The standard InChI is InChI=1S/C20H22BrN3OS/c1-14-7-8-15(18(21)10-14)11-24(13-17-5-3-9-25-17)12-16-4-2-6-19-20(16)23-26-22-19/h2,4,6-8,10,17H,3,5,9,11-13H2,1H3. The Morgan fingerprint density at radius 3 is 2.88 bits per heavy atom. The Labute approximate surface area is 166 Å². The van der Waals surface area contributed by atoms with Gasteiger partial charge in [0.2, 0.25) is 0 Å². The van der Waals surface area contributed by atoms with E-state index in [9.17, 15) is 0 Å². The van der Waals surface area contributed by atoms with Gasteiger partial charge in [-0.2, -0.15) is 8.75 Å². The molecule has 3 aromatic rings. The average molecular weight is 432 g/mol. The molecule has 2 heterocycles. The minimum Gasteiger partial charge on any atom is -0.377 e. The van der Waals surface area contributed by atoms with Crippen molar-refractivity contribution in [3.8, 4) is 0 Å². The van der Waals surface area contributed by atoms with Gasteiger partial charge in [0.25, 0.3) is 0 Å². The number of fused-ring (bicyclic) bond motifs is 1. The summed E-state index contributed by atoms with van der Waals surface area (Å²) in [6.07, 6.45) is 2.64. The number of aromatic nitrogens is 2. The van der Waals surface area contributed by atoms with Gasteiger partial charge in [-0.05, 0) is 48.6 Å². The van der Waals surface area contributed by atoms with Crippen molar-refractivity contribution >= 4 is 38.7 Å². The zero-order valence-electron chi connectivity index (χ0n) is 14.8. The molecule has 136 valence electrons. The molecular weight excluding hydrogens is 410 g/mol. The third kappa shape index (κ3) is 4.14. The maximum Gasteiger partial charge on any atom is 0.109 e. The minimum absolute atomic E-state index is 0.326. The maximum absolute atomic E-state index is 5.90. The fourth-order valence-corrected chi connectivity index (χ4v) is 4.70. The normalized spacial score (nSPS) is 17.4. The van der Waals surface area contributed by atoms with Crippen LogP contribution in [0, 0.1) is 6.92 Å². The Morgan fingerprint density at radius 2 is 2.08 bits per heavy atom. The topological polar surface area (TPSA) is 38.2 Å².